The van der Waals surface area contributed by atoms with E-state index in [1.807, 2.05) is 6.07 Å². The zero-order valence-corrected chi connectivity index (χ0v) is 25.1. The van der Waals surface area contributed by atoms with Gasteiger partial charge in [-0.1, -0.05) is 11.3 Å². The highest BCUT2D eigenvalue weighted by molar-refractivity contribution is 7.22. The maximum atomic E-state index is 17.2. The summed E-state index contributed by atoms with van der Waals surface area (Å²) in [5.41, 5.74) is 7.92. The van der Waals surface area contributed by atoms with Crippen LogP contribution in [0.4, 0.5) is 24.1 Å². The number of anilines is 2. The number of piperazine rings is 1. The van der Waals surface area contributed by atoms with Gasteiger partial charge < -0.3 is 20.7 Å². The van der Waals surface area contributed by atoms with Crippen LogP contribution in [0.25, 0.3) is 32.2 Å². The average Bonchev–Trinajstić information content (AvgIpc) is 3.38. The van der Waals surface area contributed by atoms with Crippen molar-refractivity contribution in [2.75, 3.05) is 43.4 Å². The number of rotatable bonds is 6. The summed E-state index contributed by atoms with van der Waals surface area (Å²) in [5, 5.41) is 4.56. The van der Waals surface area contributed by atoms with Crippen molar-refractivity contribution >= 4 is 43.4 Å². The van der Waals surface area contributed by atoms with E-state index >= 15 is 4.39 Å². The molecule has 0 amide bonds. The maximum Gasteiger partial charge on any atom is 0.319 e. The van der Waals surface area contributed by atoms with Gasteiger partial charge in [-0.15, -0.1) is 0 Å². The summed E-state index contributed by atoms with van der Waals surface area (Å²) >= 11 is 1.06. The first-order chi connectivity index (χ1) is 21.3. The summed E-state index contributed by atoms with van der Waals surface area (Å²) in [6.07, 6.45) is 5.49. The zero-order valence-electron chi connectivity index (χ0n) is 24.3. The number of fused-ring (bicyclic) bond motifs is 5. The topological polar surface area (TPSA) is 92.4 Å². The summed E-state index contributed by atoms with van der Waals surface area (Å²) in [4.78, 5) is 18.5. The molecule has 5 aliphatic rings. The van der Waals surface area contributed by atoms with Crippen molar-refractivity contribution in [2.45, 2.75) is 74.7 Å². The highest BCUT2D eigenvalue weighted by atomic mass is 32.1. The van der Waals surface area contributed by atoms with Crippen molar-refractivity contribution in [3.05, 3.63) is 35.4 Å². The number of halogens is 3. The molecule has 5 fully saturated rings. The lowest BCUT2D eigenvalue weighted by molar-refractivity contribution is 0.107. The standard InChI is InChI=1S/C32H34F3N7OS/c33-17-11-32(8-1-9-42(32)12-17)15-43-31-39-26-22(29(40-31)41-13-18-4-5-19(14-41)37-18)10-21(16-2-3-16)24(25(26)35)20-6-7-23(34)28-27(20)38-30(36)44-28/h6-7,10,16-19,37H,1-5,8-9,11-15H2,(H2,36,38)/t17-,18?,19?,32+/m1/s1. The normalized spacial score (nSPS) is 28.4. The second-order valence-corrected chi connectivity index (χ2v) is 14.4. The summed E-state index contributed by atoms with van der Waals surface area (Å²) in [6.45, 7) is 3.07. The Morgan fingerprint density at radius 1 is 1.05 bits per heavy atom. The van der Waals surface area contributed by atoms with E-state index in [2.05, 4.69) is 20.1 Å². The van der Waals surface area contributed by atoms with E-state index in [4.69, 9.17) is 20.4 Å². The van der Waals surface area contributed by atoms with Crippen LogP contribution in [0, 0.1) is 11.6 Å². The fourth-order valence-corrected chi connectivity index (χ4v) is 9.08. The minimum atomic E-state index is -0.878. The van der Waals surface area contributed by atoms with Crippen LogP contribution in [0.15, 0.2) is 18.2 Å². The first-order valence-corrected chi connectivity index (χ1v) is 16.6. The Kier molecular flexibility index (Phi) is 6.10. The molecule has 44 heavy (non-hydrogen) atoms. The van der Waals surface area contributed by atoms with Gasteiger partial charge in [0, 0.05) is 54.7 Å². The van der Waals surface area contributed by atoms with E-state index in [1.165, 1.54) is 6.07 Å². The molecule has 4 saturated heterocycles. The Morgan fingerprint density at radius 3 is 2.66 bits per heavy atom. The molecule has 1 saturated carbocycles. The Bertz CT molecular complexity index is 1800. The SMILES string of the molecule is Nc1nc2c(-c3c(C4CC4)cc4c(N5CC6CCC(C5)N6)nc(OC[C@@]56CCCN5C[C@H](F)C6)nc4c3F)ccc(F)c2s1. The highest BCUT2D eigenvalue weighted by Crippen LogP contribution is 2.50. The molecule has 4 atom stereocenters. The lowest BCUT2D eigenvalue weighted by Gasteiger charge is -2.35. The van der Waals surface area contributed by atoms with Crippen molar-refractivity contribution in [1.82, 2.24) is 25.2 Å². The van der Waals surface area contributed by atoms with Gasteiger partial charge in [0.2, 0.25) is 0 Å². The molecule has 9 rings (SSSR count). The number of nitrogens with one attached hydrogen (secondary N) is 1. The average molecular weight is 622 g/mol. The molecule has 2 bridgehead atoms. The van der Waals surface area contributed by atoms with Gasteiger partial charge in [-0.3, -0.25) is 4.90 Å². The highest BCUT2D eigenvalue weighted by Gasteiger charge is 2.49. The number of alkyl halides is 1. The lowest BCUT2D eigenvalue weighted by atomic mass is 9.93. The summed E-state index contributed by atoms with van der Waals surface area (Å²) in [5.74, 6) is -0.0516. The molecule has 6 heterocycles. The van der Waals surface area contributed by atoms with Crippen LogP contribution in [0.3, 0.4) is 0 Å². The molecule has 2 unspecified atom stereocenters. The van der Waals surface area contributed by atoms with E-state index < -0.39 is 17.8 Å². The molecule has 3 N–H and O–H groups in total. The molecule has 0 spiro atoms. The van der Waals surface area contributed by atoms with E-state index in [0.717, 1.165) is 75.1 Å². The molecule has 2 aromatic heterocycles. The van der Waals surface area contributed by atoms with Gasteiger partial charge in [-0.05, 0) is 74.8 Å². The first kappa shape index (κ1) is 27.1. The minimum Gasteiger partial charge on any atom is -0.461 e. The van der Waals surface area contributed by atoms with Crippen molar-refractivity contribution in [3.8, 4) is 17.1 Å². The number of nitrogens with two attached hydrogens (primary N) is 1. The van der Waals surface area contributed by atoms with Crippen LogP contribution < -0.4 is 20.7 Å². The molecule has 230 valence electrons. The second-order valence-electron chi connectivity index (χ2n) is 13.4. The molecule has 4 aromatic rings. The Labute approximate surface area is 256 Å². The van der Waals surface area contributed by atoms with Gasteiger partial charge in [0.25, 0.3) is 0 Å². The number of nitrogen functional groups attached to an aromatic ring is 1. The molecule has 12 heteroatoms. The molecular weight excluding hydrogens is 587 g/mol. The Hall–Kier alpha value is -3.22. The van der Waals surface area contributed by atoms with Crippen molar-refractivity contribution in [1.29, 1.82) is 0 Å². The predicted octanol–water partition coefficient (Wildman–Crippen LogP) is 5.54. The van der Waals surface area contributed by atoms with Gasteiger partial charge in [0.15, 0.2) is 10.9 Å². The Balaban J connectivity index is 1.21. The fourth-order valence-electron chi connectivity index (χ4n) is 8.32. The number of hydrogen-bond acceptors (Lipinski definition) is 9. The number of benzene rings is 2. The fraction of sp³-hybridized carbons (Fsp3) is 0.531. The van der Waals surface area contributed by atoms with Gasteiger partial charge in [0.1, 0.15) is 29.9 Å². The van der Waals surface area contributed by atoms with E-state index in [0.29, 0.717) is 57.6 Å². The second kappa shape index (κ2) is 9.89. The van der Waals surface area contributed by atoms with Gasteiger partial charge in [-0.2, -0.15) is 9.97 Å². The lowest BCUT2D eigenvalue weighted by Crippen LogP contribution is -2.51. The summed E-state index contributed by atoms with van der Waals surface area (Å²) < 4.78 is 53.0. The third kappa shape index (κ3) is 4.28. The molecular formula is C32H34F3N7OS. The maximum absolute atomic E-state index is 17.2. The zero-order chi connectivity index (χ0) is 29.7. The molecule has 2 aromatic carbocycles. The van der Waals surface area contributed by atoms with E-state index in [-0.39, 0.29) is 34.7 Å². The number of thiazole rings is 1. The molecule has 1 aliphatic carbocycles. The number of ether oxygens (including phenoxy) is 1. The predicted molar refractivity (Wildman–Crippen MR) is 165 cm³/mol. The van der Waals surface area contributed by atoms with Crippen LogP contribution in [-0.2, 0) is 0 Å². The number of aromatic nitrogens is 3. The van der Waals surface area contributed by atoms with Crippen LogP contribution in [-0.4, -0.2) is 76.4 Å². The van der Waals surface area contributed by atoms with E-state index in [9.17, 15) is 8.78 Å². The van der Waals surface area contributed by atoms with Gasteiger partial charge >= 0.3 is 6.01 Å². The van der Waals surface area contributed by atoms with Crippen molar-refractivity contribution in [3.63, 3.8) is 0 Å². The first-order valence-electron chi connectivity index (χ1n) is 15.8. The number of hydrogen-bond donors (Lipinski definition) is 2. The summed E-state index contributed by atoms with van der Waals surface area (Å²) in [7, 11) is 0. The van der Waals surface area contributed by atoms with Gasteiger partial charge in [-0.25, -0.2) is 18.2 Å². The van der Waals surface area contributed by atoms with Crippen molar-refractivity contribution < 1.29 is 17.9 Å². The third-order valence-corrected chi connectivity index (χ3v) is 11.4. The minimum absolute atomic E-state index is 0.105. The van der Waals surface area contributed by atoms with Crippen molar-refractivity contribution in [2.24, 2.45) is 0 Å². The van der Waals surface area contributed by atoms with Crippen LogP contribution in [0.2, 0.25) is 0 Å². The van der Waals surface area contributed by atoms with Crippen LogP contribution in [0.1, 0.15) is 56.4 Å². The van der Waals surface area contributed by atoms with Crippen LogP contribution >= 0.6 is 11.3 Å². The molecule has 8 nitrogen and oxygen atoms in total. The smallest absolute Gasteiger partial charge is 0.319 e. The molecule has 0 radical (unpaired) electrons. The van der Waals surface area contributed by atoms with Gasteiger partial charge in [0.05, 0.1) is 15.8 Å². The summed E-state index contributed by atoms with van der Waals surface area (Å²) in [6, 6.07) is 5.81. The third-order valence-electron chi connectivity index (χ3n) is 10.5. The quantitative estimate of drug-likeness (QED) is 0.290. The monoisotopic (exact) mass is 621 g/mol. The van der Waals surface area contributed by atoms with E-state index in [1.54, 1.807) is 6.07 Å². The largest absolute Gasteiger partial charge is 0.461 e. The number of nitrogens with zero attached hydrogens (tertiary/aromatic N) is 5. The van der Waals surface area contributed by atoms with Crippen LogP contribution in [0.5, 0.6) is 6.01 Å². The molecule has 4 aliphatic heterocycles. The Morgan fingerprint density at radius 2 is 1.86 bits per heavy atom.